The van der Waals surface area contributed by atoms with Crippen molar-refractivity contribution in [2.75, 3.05) is 28.4 Å². The standard InChI is InChI=1S/C19H22N4O4S/c1-24-15-7-5-13(9-17(15)26-3)11-20-22-19(28)23-21-12-14-6-8-16(25-2)18(10-14)27-4/h5-12H,1-4H3,(H2,22,23,28)/b20-11-,21-12-. The highest BCUT2D eigenvalue weighted by molar-refractivity contribution is 7.80. The molecule has 9 heteroatoms. The second-order valence-electron chi connectivity index (χ2n) is 5.30. The molecule has 2 aromatic rings. The quantitative estimate of drug-likeness (QED) is 0.399. The maximum absolute atomic E-state index is 5.25. The summed E-state index contributed by atoms with van der Waals surface area (Å²) >= 11 is 5.12. The molecule has 0 aliphatic heterocycles. The molecule has 0 bridgehead atoms. The van der Waals surface area contributed by atoms with Gasteiger partial charge in [-0.05, 0) is 59.7 Å². The van der Waals surface area contributed by atoms with E-state index in [1.54, 1.807) is 65.1 Å². The number of benzene rings is 2. The maximum Gasteiger partial charge on any atom is 0.207 e. The lowest BCUT2D eigenvalue weighted by molar-refractivity contribution is 0.355. The molecule has 0 aliphatic carbocycles. The maximum atomic E-state index is 5.25. The number of thiocarbonyl (C=S) groups is 1. The van der Waals surface area contributed by atoms with E-state index in [9.17, 15) is 0 Å². The topological polar surface area (TPSA) is 85.7 Å². The van der Waals surface area contributed by atoms with Gasteiger partial charge in [0, 0.05) is 0 Å². The number of hydrogen-bond acceptors (Lipinski definition) is 7. The zero-order valence-corrected chi connectivity index (χ0v) is 16.9. The fourth-order valence-electron chi connectivity index (χ4n) is 2.22. The summed E-state index contributed by atoms with van der Waals surface area (Å²) < 4.78 is 20.9. The molecule has 0 saturated heterocycles. The summed E-state index contributed by atoms with van der Waals surface area (Å²) in [5.74, 6) is 2.53. The van der Waals surface area contributed by atoms with Gasteiger partial charge in [-0.1, -0.05) is 0 Å². The average Bonchev–Trinajstić information content (AvgIpc) is 2.73. The summed E-state index contributed by atoms with van der Waals surface area (Å²) in [7, 11) is 6.32. The zero-order valence-electron chi connectivity index (χ0n) is 16.1. The largest absolute Gasteiger partial charge is 0.493 e. The van der Waals surface area contributed by atoms with Gasteiger partial charge in [-0.15, -0.1) is 0 Å². The molecular weight excluding hydrogens is 380 g/mol. The first-order valence-electron chi connectivity index (χ1n) is 8.17. The zero-order chi connectivity index (χ0) is 20.4. The molecule has 0 atom stereocenters. The number of rotatable bonds is 8. The van der Waals surface area contributed by atoms with Gasteiger partial charge in [-0.25, -0.2) is 0 Å². The molecule has 0 spiro atoms. The lowest BCUT2D eigenvalue weighted by Crippen LogP contribution is -2.28. The molecule has 0 fully saturated rings. The van der Waals surface area contributed by atoms with Crippen LogP contribution in [0.25, 0.3) is 0 Å². The minimum Gasteiger partial charge on any atom is -0.493 e. The molecule has 148 valence electrons. The minimum absolute atomic E-state index is 0.244. The molecular formula is C19H22N4O4S. The van der Waals surface area contributed by atoms with Crippen molar-refractivity contribution < 1.29 is 18.9 Å². The van der Waals surface area contributed by atoms with Crippen LogP contribution in [0.2, 0.25) is 0 Å². The molecule has 0 heterocycles. The summed E-state index contributed by atoms with van der Waals surface area (Å²) in [6.07, 6.45) is 3.21. The van der Waals surface area contributed by atoms with E-state index in [1.165, 1.54) is 0 Å². The van der Waals surface area contributed by atoms with E-state index in [0.29, 0.717) is 23.0 Å². The number of methoxy groups -OCH3 is 4. The first kappa shape index (κ1) is 21.0. The molecule has 0 unspecified atom stereocenters. The lowest BCUT2D eigenvalue weighted by Gasteiger charge is -2.08. The Kier molecular flexibility index (Phi) is 8.04. The number of nitrogens with zero attached hydrogens (tertiary/aromatic N) is 2. The van der Waals surface area contributed by atoms with Crippen LogP contribution >= 0.6 is 12.2 Å². The molecule has 0 amide bonds. The van der Waals surface area contributed by atoms with E-state index in [0.717, 1.165) is 11.1 Å². The van der Waals surface area contributed by atoms with Gasteiger partial charge >= 0.3 is 0 Å². The number of nitrogens with one attached hydrogen (secondary N) is 2. The lowest BCUT2D eigenvalue weighted by atomic mass is 10.2. The molecule has 8 nitrogen and oxygen atoms in total. The third kappa shape index (κ3) is 5.85. The van der Waals surface area contributed by atoms with Crippen molar-refractivity contribution in [3.05, 3.63) is 47.5 Å². The highest BCUT2D eigenvalue weighted by atomic mass is 32.1. The SMILES string of the molecule is COc1ccc(/C=N\NC(=S)N/N=C\c2ccc(OC)c(OC)c2)cc1OC. The number of hydrazone groups is 2. The Hall–Kier alpha value is -3.33. The van der Waals surface area contributed by atoms with Gasteiger partial charge in [0.25, 0.3) is 0 Å². The van der Waals surface area contributed by atoms with E-state index >= 15 is 0 Å². The Balaban J connectivity index is 1.89. The van der Waals surface area contributed by atoms with Crippen LogP contribution in [0.15, 0.2) is 46.6 Å². The van der Waals surface area contributed by atoms with Crippen molar-refractivity contribution in [3.8, 4) is 23.0 Å². The third-order valence-electron chi connectivity index (χ3n) is 3.57. The molecule has 0 aliphatic rings. The summed E-state index contributed by atoms with van der Waals surface area (Å²) in [6, 6.07) is 10.9. The van der Waals surface area contributed by atoms with Crippen molar-refractivity contribution in [2.45, 2.75) is 0 Å². The molecule has 28 heavy (non-hydrogen) atoms. The van der Waals surface area contributed by atoms with Crippen molar-refractivity contribution in [1.82, 2.24) is 10.9 Å². The summed E-state index contributed by atoms with van der Waals surface area (Å²) in [5.41, 5.74) is 7.01. The Labute approximate surface area is 169 Å². The second kappa shape index (κ2) is 10.7. The summed E-state index contributed by atoms with van der Waals surface area (Å²) in [5, 5.41) is 8.37. The van der Waals surface area contributed by atoms with E-state index < -0.39 is 0 Å². The molecule has 0 aromatic heterocycles. The third-order valence-corrected chi connectivity index (χ3v) is 3.76. The Morgan fingerprint density at radius 2 is 1.11 bits per heavy atom. The van der Waals surface area contributed by atoms with Crippen molar-refractivity contribution in [3.63, 3.8) is 0 Å². The highest BCUT2D eigenvalue weighted by Gasteiger charge is 2.04. The van der Waals surface area contributed by atoms with Gasteiger partial charge < -0.3 is 18.9 Å². The predicted molar refractivity (Wildman–Crippen MR) is 113 cm³/mol. The first-order chi connectivity index (χ1) is 13.6. The minimum atomic E-state index is 0.244. The van der Waals surface area contributed by atoms with Crippen LogP contribution in [0, 0.1) is 0 Å². The molecule has 0 saturated carbocycles. The van der Waals surface area contributed by atoms with E-state index in [1.807, 2.05) is 12.1 Å². The van der Waals surface area contributed by atoms with Gasteiger partial charge in [0.2, 0.25) is 5.11 Å². The second-order valence-corrected chi connectivity index (χ2v) is 5.71. The smallest absolute Gasteiger partial charge is 0.207 e. The molecule has 2 rings (SSSR count). The molecule has 2 N–H and O–H groups in total. The van der Waals surface area contributed by atoms with Crippen molar-refractivity contribution in [2.24, 2.45) is 10.2 Å². The van der Waals surface area contributed by atoms with Crippen LogP contribution in [0.1, 0.15) is 11.1 Å². The monoisotopic (exact) mass is 402 g/mol. The fraction of sp³-hybridized carbons (Fsp3) is 0.211. The molecule has 2 aromatic carbocycles. The van der Waals surface area contributed by atoms with Crippen molar-refractivity contribution in [1.29, 1.82) is 0 Å². The van der Waals surface area contributed by atoms with Crippen LogP contribution < -0.4 is 29.8 Å². The Morgan fingerprint density at radius 3 is 1.46 bits per heavy atom. The predicted octanol–water partition coefficient (Wildman–Crippen LogP) is 2.55. The summed E-state index contributed by atoms with van der Waals surface area (Å²) in [4.78, 5) is 0. The number of hydrogen-bond donors (Lipinski definition) is 2. The fourth-order valence-corrected chi connectivity index (χ4v) is 2.33. The van der Waals surface area contributed by atoms with Gasteiger partial charge in [-0.3, -0.25) is 10.9 Å². The normalized spacial score (nSPS) is 10.7. The van der Waals surface area contributed by atoms with E-state index in [2.05, 4.69) is 21.1 Å². The van der Waals surface area contributed by atoms with Gasteiger partial charge in [-0.2, -0.15) is 10.2 Å². The Morgan fingerprint density at radius 1 is 0.714 bits per heavy atom. The van der Waals surface area contributed by atoms with E-state index in [4.69, 9.17) is 31.2 Å². The van der Waals surface area contributed by atoms with Crippen LogP contribution in [-0.4, -0.2) is 46.0 Å². The van der Waals surface area contributed by atoms with E-state index in [-0.39, 0.29) is 5.11 Å². The van der Waals surface area contributed by atoms with Gasteiger partial charge in [0.05, 0.1) is 40.9 Å². The van der Waals surface area contributed by atoms with Gasteiger partial charge in [0.1, 0.15) is 0 Å². The van der Waals surface area contributed by atoms with Gasteiger partial charge in [0.15, 0.2) is 23.0 Å². The molecule has 0 radical (unpaired) electrons. The van der Waals surface area contributed by atoms with Crippen LogP contribution in [0.3, 0.4) is 0 Å². The Bertz CT molecular complexity index is 802. The van der Waals surface area contributed by atoms with Crippen LogP contribution in [-0.2, 0) is 0 Å². The first-order valence-corrected chi connectivity index (χ1v) is 8.58. The van der Waals surface area contributed by atoms with Crippen LogP contribution in [0.5, 0.6) is 23.0 Å². The summed E-state index contributed by atoms with van der Waals surface area (Å²) in [6.45, 7) is 0. The highest BCUT2D eigenvalue weighted by Crippen LogP contribution is 2.27. The van der Waals surface area contributed by atoms with Crippen molar-refractivity contribution >= 4 is 29.8 Å². The van der Waals surface area contributed by atoms with Crippen LogP contribution in [0.4, 0.5) is 0 Å². The number of ether oxygens (including phenoxy) is 4. The average molecular weight is 402 g/mol.